The summed E-state index contributed by atoms with van der Waals surface area (Å²) in [7, 11) is 0. The molecule has 0 saturated heterocycles. The highest BCUT2D eigenvalue weighted by molar-refractivity contribution is 5.82. The Bertz CT molecular complexity index is 507. The molecule has 0 unspecified atom stereocenters. The van der Waals surface area contributed by atoms with Crippen LogP contribution >= 0.6 is 0 Å². The van der Waals surface area contributed by atoms with Gasteiger partial charge in [-0.3, -0.25) is 4.79 Å². The van der Waals surface area contributed by atoms with Gasteiger partial charge in [0.1, 0.15) is 0 Å². The molecule has 2 aliphatic carbocycles. The molecule has 2 saturated carbocycles. The fraction of sp³-hybridized carbons (Fsp3) is 0.588. The van der Waals surface area contributed by atoms with Crippen LogP contribution in [0, 0.1) is 11.8 Å². The first-order valence-corrected chi connectivity index (χ1v) is 7.92. The van der Waals surface area contributed by atoms with E-state index in [2.05, 4.69) is 34.9 Å². The van der Waals surface area contributed by atoms with Crippen molar-refractivity contribution < 1.29 is 4.79 Å². The lowest BCUT2D eigenvalue weighted by Gasteiger charge is -2.27. The molecule has 3 nitrogen and oxygen atoms in total. The van der Waals surface area contributed by atoms with E-state index in [9.17, 15) is 4.79 Å². The van der Waals surface area contributed by atoms with Crippen LogP contribution in [0.2, 0.25) is 0 Å². The van der Waals surface area contributed by atoms with E-state index < -0.39 is 0 Å². The number of rotatable bonds is 4. The van der Waals surface area contributed by atoms with Crippen molar-refractivity contribution >= 4 is 5.91 Å². The topological polar surface area (TPSA) is 41.1 Å². The molecular formula is C17H22N2O. The molecule has 2 fully saturated rings. The zero-order valence-corrected chi connectivity index (χ0v) is 11.8. The highest BCUT2D eigenvalue weighted by Gasteiger charge is 2.43. The van der Waals surface area contributed by atoms with E-state index in [0.29, 0.717) is 6.04 Å². The largest absolute Gasteiger partial charge is 0.351 e. The molecule has 20 heavy (non-hydrogen) atoms. The second-order valence-electron chi connectivity index (χ2n) is 6.62. The molecule has 0 aromatic heterocycles. The number of fused-ring (bicyclic) bond motifs is 1. The molecule has 0 radical (unpaired) electrons. The summed E-state index contributed by atoms with van der Waals surface area (Å²) in [6, 6.07) is 8.84. The molecule has 1 atom stereocenters. The van der Waals surface area contributed by atoms with Gasteiger partial charge in [-0.05, 0) is 55.1 Å². The molecule has 3 heteroatoms. The van der Waals surface area contributed by atoms with Gasteiger partial charge in [0.25, 0.3) is 0 Å². The van der Waals surface area contributed by atoms with Gasteiger partial charge in [0.05, 0.1) is 6.04 Å². The zero-order chi connectivity index (χ0) is 13.5. The van der Waals surface area contributed by atoms with E-state index in [1.807, 2.05) is 0 Å². The van der Waals surface area contributed by atoms with Gasteiger partial charge >= 0.3 is 0 Å². The maximum atomic E-state index is 12.5. The minimum absolute atomic E-state index is 0.0510. The van der Waals surface area contributed by atoms with Crippen LogP contribution in [0.5, 0.6) is 0 Å². The zero-order valence-electron chi connectivity index (χ0n) is 11.8. The third-order valence-corrected chi connectivity index (χ3v) is 4.97. The highest BCUT2D eigenvalue weighted by Crippen LogP contribution is 2.44. The Balaban J connectivity index is 1.41. The van der Waals surface area contributed by atoms with E-state index in [1.54, 1.807) is 0 Å². The van der Waals surface area contributed by atoms with Gasteiger partial charge in [-0.25, -0.2) is 0 Å². The summed E-state index contributed by atoms with van der Waals surface area (Å²) in [4.78, 5) is 12.5. The smallest absolute Gasteiger partial charge is 0.237 e. The minimum atomic E-state index is -0.0510. The van der Waals surface area contributed by atoms with Crippen molar-refractivity contribution in [2.24, 2.45) is 11.8 Å². The average molecular weight is 270 g/mol. The van der Waals surface area contributed by atoms with Crippen LogP contribution in [0.1, 0.15) is 36.8 Å². The van der Waals surface area contributed by atoms with E-state index in [0.717, 1.165) is 24.8 Å². The van der Waals surface area contributed by atoms with E-state index >= 15 is 0 Å². The lowest BCUT2D eigenvalue weighted by Crippen LogP contribution is -2.51. The molecular weight excluding hydrogens is 248 g/mol. The van der Waals surface area contributed by atoms with Crippen molar-refractivity contribution in [1.82, 2.24) is 10.6 Å². The van der Waals surface area contributed by atoms with Crippen LogP contribution in [0.3, 0.4) is 0 Å². The Labute approximate surface area is 120 Å². The summed E-state index contributed by atoms with van der Waals surface area (Å²) in [5.74, 6) is 1.74. The first-order valence-electron chi connectivity index (χ1n) is 7.92. The Morgan fingerprint density at radius 3 is 2.40 bits per heavy atom. The minimum Gasteiger partial charge on any atom is -0.351 e. The third-order valence-electron chi connectivity index (χ3n) is 4.97. The Kier molecular flexibility index (Phi) is 3.03. The van der Waals surface area contributed by atoms with Crippen molar-refractivity contribution in [2.45, 2.75) is 50.7 Å². The molecule has 2 N–H and O–H groups in total. The number of carbonyl (C=O) groups is 1. The van der Waals surface area contributed by atoms with Crippen LogP contribution in [-0.2, 0) is 17.8 Å². The molecule has 1 aliphatic heterocycles. The summed E-state index contributed by atoms with van der Waals surface area (Å²) in [6.45, 7) is 0.811. The molecule has 4 rings (SSSR count). The molecule has 0 spiro atoms. The van der Waals surface area contributed by atoms with Crippen LogP contribution in [0.15, 0.2) is 24.3 Å². The van der Waals surface area contributed by atoms with Crippen LogP contribution < -0.4 is 10.6 Å². The van der Waals surface area contributed by atoms with Crippen molar-refractivity contribution in [1.29, 1.82) is 0 Å². The Morgan fingerprint density at radius 2 is 1.75 bits per heavy atom. The lowest BCUT2D eigenvalue weighted by atomic mass is 9.95. The van der Waals surface area contributed by atoms with Gasteiger partial charge in [-0.1, -0.05) is 24.3 Å². The fourth-order valence-electron chi connectivity index (χ4n) is 3.44. The quantitative estimate of drug-likeness (QED) is 0.878. The number of carbonyl (C=O) groups excluding carboxylic acids is 1. The van der Waals surface area contributed by atoms with Crippen LogP contribution in [0.4, 0.5) is 0 Å². The summed E-state index contributed by atoms with van der Waals surface area (Å²) >= 11 is 0. The van der Waals surface area contributed by atoms with Crippen molar-refractivity contribution in [3.63, 3.8) is 0 Å². The van der Waals surface area contributed by atoms with Crippen molar-refractivity contribution in [3.05, 3.63) is 35.4 Å². The standard InChI is InChI=1S/C17H22N2O/c20-17(19-16(11-5-6-11)12-7-8-12)15-9-13-3-1-2-4-14(13)10-18-15/h1-4,11-12,15-16,18H,5-10H2,(H,19,20)/t15-/m1/s1. The van der Waals surface area contributed by atoms with E-state index in [4.69, 9.17) is 0 Å². The van der Waals surface area contributed by atoms with Gasteiger partial charge in [-0.2, -0.15) is 0 Å². The SMILES string of the molecule is O=C(NC(C1CC1)C1CC1)[C@H]1Cc2ccccc2CN1. The number of amides is 1. The van der Waals surface area contributed by atoms with E-state index in [-0.39, 0.29) is 11.9 Å². The predicted molar refractivity (Wildman–Crippen MR) is 78.2 cm³/mol. The number of benzene rings is 1. The maximum absolute atomic E-state index is 12.5. The second-order valence-corrected chi connectivity index (χ2v) is 6.62. The highest BCUT2D eigenvalue weighted by atomic mass is 16.2. The number of hydrogen-bond donors (Lipinski definition) is 2. The van der Waals surface area contributed by atoms with Crippen LogP contribution in [-0.4, -0.2) is 18.0 Å². The first kappa shape index (κ1) is 12.4. The summed E-state index contributed by atoms with van der Waals surface area (Å²) in [5.41, 5.74) is 2.65. The third kappa shape index (κ3) is 2.47. The normalized spacial score (nSPS) is 25.4. The summed E-state index contributed by atoms with van der Waals surface area (Å²) in [5, 5.41) is 6.73. The fourth-order valence-corrected chi connectivity index (χ4v) is 3.44. The molecule has 1 amide bonds. The molecule has 0 bridgehead atoms. The van der Waals surface area contributed by atoms with Gasteiger partial charge < -0.3 is 10.6 Å². The average Bonchev–Trinajstić information content (AvgIpc) is 3.37. The monoisotopic (exact) mass is 270 g/mol. The summed E-state index contributed by atoms with van der Waals surface area (Å²) < 4.78 is 0. The molecule has 1 aromatic carbocycles. The van der Waals surface area contributed by atoms with Crippen molar-refractivity contribution in [3.8, 4) is 0 Å². The van der Waals surface area contributed by atoms with Gasteiger partial charge in [0, 0.05) is 12.6 Å². The van der Waals surface area contributed by atoms with Gasteiger partial charge in [0.15, 0.2) is 0 Å². The number of hydrogen-bond acceptors (Lipinski definition) is 2. The molecule has 3 aliphatic rings. The van der Waals surface area contributed by atoms with E-state index in [1.165, 1.54) is 36.8 Å². The maximum Gasteiger partial charge on any atom is 0.237 e. The number of nitrogens with one attached hydrogen (secondary N) is 2. The Morgan fingerprint density at radius 1 is 1.10 bits per heavy atom. The summed E-state index contributed by atoms with van der Waals surface area (Å²) in [6.07, 6.45) is 6.06. The van der Waals surface area contributed by atoms with Crippen LogP contribution in [0.25, 0.3) is 0 Å². The molecule has 1 heterocycles. The molecule has 1 aromatic rings. The van der Waals surface area contributed by atoms with Gasteiger partial charge in [-0.15, -0.1) is 0 Å². The van der Waals surface area contributed by atoms with Crippen molar-refractivity contribution in [2.75, 3.05) is 0 Å². The Hall–Kier alpha value is -1.35. The molecule has 106 valence electrons. The lowest BCUT2D eigenvalue weighted by molar-refractivity contribution is -0.124. The second kappa shape index (κ2) is 4.88. The predicted octanol–water partition coefficient (Wildman–Crippen LogP) is 2.01. The van der Waals surface area contributed by atoms with Gasteiger partial charge in [0.2, 0.25) is 5.91 Å². The first-order chi connectivity index (χ1) is 9.81.